The van der Waals surface area contributed by atoms with Gasteiger partial charge in [0.1, 0.15) is 4.32 Å². The summed E-state index contributed by atoms with van der Waals surface area (Å²) < 4.78 is 1.33. The van der Waals surface area contributed by atoms with Crippen LogP contribution in [0.2, 0.25) is 0 Å². The third-order valence-electron chi connectivity index (χ3n) is 8.10. The summed E-state index contributed by atoms with van der Waals surface area (Å²) >= 11 is 16.7. The molecule has 10 heteroatoms. The normalized spacial score (nSPS) is 18.1. The number of anilines is 3. The molecule has 4 nitrogen and oxygen atoms in total. The minimum atomic E-state index is -0.195. The summed E-state index contributed by atoms with van der Waals surface area (Å²) in [6.07, 6.45) is 3.89. The van der Waals surface area contributed by atoms with Crippen molar-refractivity contribution >= 4 is 120 Å². The summed E-state index contributed by atoms with van der Waals surface area (Å²) in [5, 5.41) is 0. The molecule has 48 heavy (non-hydrogen) atoms. The van der Waals surface area contributed by atoms with Crippen molar-refractivity contribution in [2.45, 2.75) is 13.8 Å². The van der Waals surface area contributed by atoms with Crippen LogP contribution in [0.15, 0.2) is 107 Å². The molecule has 2 fully saturated rings. The van der Waals surface area contributed by atoms with E-state index in [2.05, 4.69) is 103 Å². The lowest BCUT2D eigenvalue weighted by Gasteiger charge is -2.26. The largest absolute Gasteiger partial charge is 0.311 e. The first-order valence-corrected chi connectivity index (χ1v) is 19.2. The van der Waals surface area contributed by atoms with Crippen LogP contribution in [-0.4, -0.2) is 32.2 Å². The predicted molar refractivity (Wildman–Crippen MR) is 216 cm³/mol. The van der Waals surface area contributed by atoms with E-state index in [1.54, 1.807) is 29.7 Å². The molecule has 2 saturated heterocycles. The van der Waals surface area contributed by atoms with E-state index >= 15 is 0 Å². The molecule has 4 heterocycles. The lowest BCUT2D eigenvalue weighted by atomic mass is 10.1. The molecule has 3 aromatic carbocycles. The zero-order valence-electron chi connectivity index (χ0n) is 26.1. The van der Waals surface area contributed by atoms with Crippen LogP contribution in [0.5, 0.6) is 0 Å². The van der Waals surface area contributed by atoms with Crippen molar-refractivity contribution in [2.24, 2.45) is 5.92 Å². The quantitative estimate of drug-likeness (QED) is 0.122. The van der Waals surface area contributed by atoms with Crippen LogP contribution in [0.1, 0.15) is 22.2 Å². The molecule has 0 spiro atoms. The van der Waals surface area contributed by atoms with Crippen molar-refractivity contribution < 1.29 is 9.59 Å². The Bertz CT molecular complexity index is 2010. The monoisotopic (exact) mass is 736 g/mol. The number of allylic oxidation sites excluding steroid dienone is 1. The van der Waals surface area contributed by atoms with Gasteiger partial charge in [-0.1, -0.05) is 89.9 Å². The van der Waals surface area contributed by atoms with E-state index in [1.807, 2.05) is 25.1 Å². The molecule has 0 aliphatic carbocycles. The Morgan fingerprint density at radius 3 is 1.58 bits per heavy atom. The maximum atomic E-state index is 12.5. The van der Waals surface area contributed by atoms with Gasteiger partial charge in [0.05, 0.1) is 19.9 Å². The maximum Gasteiger partial charge on any atom is 0.265 e. The molecule has 2 aliphatic rings. The fourth-order valence-corrected chi connectivity index (χ4v) is 9.91. The zero-order valence-corrected chi connectivity index (χ0v) is 31.0. The van der Waals surface area contributed by atoms with E-state index in [1.165, 1.54) is 34.0 Å². The number of nitrogens with zero attached hydrogens (tertiary/aromatic N) is 2. The summed E-state index contributed by atoms with van der Waals surface area (Å²) in [5.74, 6) is -0.136. The first-order chi connectivity index (χ1) is 23.1. The van der Waals surface area contributed by atoms with Crippen LogP contribution in [0.25, 0.3) is 33.0 Å². The van der Waals surface area contributed by atoms with Gasteiger partial charge in [0.2, 0.25) is 0 Å². The number of amides is 1. The predicted octanol–water partition coefficient (Wildman–Crippen LogP) is 11.4. The molecule has 2 aliphatic heterocycles. The topological polar surface area (TPSA) is 40.6 Å². The molecule has 2 aromatic heterocycles. The number of Topliss-reactive ketones (excluding diaryl/α,β-unsaturated/α-hetero) is 1. The van der Waals surface area contributed by atoms with Gasteiger partial charge in [-0.2, -0.15) is 0 Å². The van der Waals surface area contributed by atoms with Gasteiger partial charge in [0.15, 0.2) is 5.78 Å². The second-order valence-corrected chi connectivity index (χ2v) is 17.1. The van der Waals surface area contributed by atoms with Crippen LogP contribution in [0, 0.1) is 12.8 Å². The van der Waals surface area contributed by atoms with Gasteiger partial charge in [0.25, 0.3) is 5.91 Å². The van der Waals surface area contributed by atoms with E-state index < -0.39 is 0 Å². The maximum absolute atomic E-state index is 12.5. The Kier molecular flexibility index (Phi) is 9.39. The van der Waals surface area contributed by atoms with Gasteiger partial charge in [-0.3, -0.25) is 14.5 Å². The van der Waals surface area contributed by atoms with Crippen LogP contribution in [0.3, 0.4) is 0 Å². The van der Waals surface area contributed by atoms with Gasteiger partial charge in [-0.25, -0.2) is 0 Å². The average molecular weight is 737 g/mol. The smallest absolute Gasteiger partial charge is 0.265 e. The molecular weight excluding hydrogens is 709 g/mol. The molecule has 1 atom stereocenters. The Labute approximate surface area is 307 Å². The number of thioether (sulfide) groups is 2. The number of hydrogen-bond acceptors (Lipinski definition) is 9. The number of thiocarbonyl (C=S) groups is 2. The van der Waals surface area contributed by atoms with Crippen LogP contribution in [-0.2, 0) is 9.59 Å². The third kappa shape index (κ3) is 6.65. The minimum Gasteiger partial charge on any atom is -0.311 e. The van der Waals surface area contributed by atoms with Crippen LogP contribution >= 0.6 is 70.6 Å². The van der Waals surface area contributed by atoms with E-state index in [9.17, 15) is 9.59 Å². The standard InChI is InChI=1S/C38H28N2O2S6/c1-22-4-10-26(11-5-22)40(27-12-6-24(7-13-27)31-18-16-29(45-31)20-33-35(41)23(2)37(43)47-33)28-14-8-25(9-15-28)32-19-17-30(46-32)21-34-36(42)39(3)38(44)48-34/h4-21,23H,1-3H3/b33-20+,34-21-. The van der Waals surface area contributed by atoms with Crippen LogP contribution in [0.4, 0.5) is 17.1 Å². The first kappa shape index (κ1) is 32.9. The zero-order chi connectivity index (χ0) is 33.5. The van der Waals surface area contributed by atoms with E-state index in [-0.39, 0.29) is 17.6 Å². The first-order valence-electron chi connectivity index (χ1n) is 15.1. The number of benzene rings is 3. The van der Waals surface area contributed by atoms with Crippen LogP contribution < -0.4 is 4.90 Å². The highest BCUT2D eigenvalue weighted by Gasteiger charge is 2.31. The Morgan fingerprint density at radius 2 is 1.15 bits per heavy atom. The van der Waals surface area contributed by atoms with E-state index in [0.717, 1.165) is 56.8 Å². The van der Waals surface area contributed by atoms with Crippen molar-refractivity contribution in [3.8, 4) is 20.9 Å². The van der Waals surface area contributed by atoms with Crippen molar-refractivity contribution in [3.05, 3.63) is 122 Å². The number of likely N-dealkylation sites (N-methyl/N-ethyl adjacent to an activating group) is 1. The second-order valence-electron chi connectivity index (χ2n) is 11.4. The molecule has 0 radical (unpaired) electrons. The highest BCUT2D eigenvalue weighted by atomic mass is 32.2. The van der Waals surface area contributed by atoms with Crippen molar-refractivity contribution in [3.63, 3.8) is 0 Å². The Balaban J connectivity index is 1.14. The molecule has 1 unspecified atom stereocenters. The van der Waals surface area contributed by atoms with Gasteiger partial charge in [-0.05, 0) is 97.8 Å². The number of aryl methyl sites for hydroxylation is 1. The molecular formula is C38H28N2O2S6. The Morgan fingerprint density at radius 1 is 0.667 bits per heavy atom. The van der Waals surface area contributed by atoms with Crippen molar-refractivity contribution in [2.75, 3.05) is 11.9 Å². The summed E-state index contributed by atoms with van der Waals surface area (Å²) in [7, 11) is 1.71. The number of thiophene rings is 2. The highest BCUT2D eigenvalue weighted by molar-refractivity contribution is 8.27. The molecule has 0 saturated carbocycles. The fraction of sp³-hybridized carbons (Fsp3) is 0.105. The Hall–Kier alpha value is -3.64. The molecule has 0 bridgehead atoms. The minimum absolute atomic E-state index is 0.0530. The summed E-state index contributed by atoms with van der Waals surface area (Å²) in [6, 6.07) is 34.1. The summed E-state index contributed by atoms with van der Waals surface area (Å²) in [5.41, 5.74) is 6.62. The molecule has 7 rings (SSSR count). The molecule has 5 aromatic rings. The summed E-state index contributed by atoms with van der Waals surface area (Å²) in [6.45, 7) is 3.97. The lowest BCUT2D eigenvalue weighted by Crippen LogP contribution is -2.22. The fourth-order valence-electron chi connectivity index (χ4n) is 5.33. The van der Waals surface area contributed by atoms with E-state index in [0.29, 0.717) is 9.23 Å². The molecule has 1 amide bonds. The SMILES string of the molecule is Cc1ccc(N(c2ccc(-c3ccc(/C=C4\SC(=S)N(C)C4=O)s3)cc2)c2ccc(-c3ccc(/C=C4/SC(=S)C(C)C4=O)s3)cc2)cc1. The number of ketones is 1. The van der Waals surface area contributed by atoms with Gasteiger partial charge in [0, 0.05) is 43.6 Å². The second kappa shape index (κ2) is 13.7. The third-order valence-corrected chi connectivity index (χ3v) is 13.4. The van der Waals surface area contributed by atoms with E-state index in [4.69, 9.17) is 24.4 Å². The number of carbonyl (C=O) groups excluding carboxylic acids is 2. The molecule has 0 N–H and O–H groups in total. The lowest BCUT2D eigenvalue weighted by molar-refractivity contribution is -0.121. The van der Waals surface area contributed by atoms with Crippen molar-refractivity contribution in [1.29, 1.82) is 0 Å². The van der Waals surface area contributed by atoms with Gasteiger partial charge < -0.3 is 4.90 Å². The number of carbonyl (C=O) groups is 2. The average Bonchev–Trinajstić information content (AvgIpc) is 3.87. The van der Waals surface area contributed by atoms with Gasteiger partial charge >= 0.3 is 0 Å². The number of hydrogen-bond donors (Lipinski definition) is 0. The molecule has 238 valence electrons. The number of rotatable bonds is 7. The summed E-state index contributed by atoms with van der Waals surface area (Å²) in [4.78, 5) is 34.5. The van der Waals surface area contributed by atoms with Gasteiger partial charge in [-0.15, -0.1) is 22.7 Å². The van der Waals surface area contributed by atoms with Crippen molar-refractivity contribution in [1.82, 2.24) is 4.90 Å². The highest BCUT2D eigenvalue weighted by Crippen LogP contribution is 2.41.